The minimum Gasteiger partial charge on any atom is -0.465 e. The second kappa shape index (κ2) is 5.66. The van der Waals surface area contributed by atoms with E-state index in [2.05, 4.69) is 15.9 Å². The molecule has 0 aliphatic heterocycles. The number of thiazole rings is 1. The van der Waals surface area contributed by atoms with Gasteiger partial charge in [0.05, 0.1) is 12.3 Å². The SMILES string of the molecule is CCOC(=O)C1CCc2sc(-c3ccccc3Br)nc21. The van der Waals surface area contributed by atoms with Gasteiger partial charge in [-0.3, -0.25) is 4.79 Å². The molecule has 1 aliphatic rings. The summed E-state index contributed by atoms with van der Waals surface area (Å²) in [4.78, 5) is 17.9. The van der Waals surface area contributed by atoms with E-state index in [4.69, 9.17) is 9.72 Å². The average Bonchev–Trinajstić information content (AvgIpc) is 2.99. The van der Waals surface area contributed by atoms with Crippen LogP contribution in [0.4, 0.5) is 0 Å². The van der Waals surface area contributed by atoms with Crippen LogP contribution in [0.5, 0.6) is 0 Å². The number of hydrogen-bond acceptors (Lipinski definition) is 4. The first-order chi connectivity index (χ1) is 9.70. The van der Waals surface area contributed by atoms with Crippen LogP contribution in [0.25, 0.3) is 10.6 Å². The molecule has 1 atom stereocenters. The molecule has 2 aromatic rings. The van der Waals surface area contributed by atoms with Crippen molar-refractivity contribution in [2.45, 2.75) is 25.7 Å². The van der Waals surface area contributed by atoms with Gasteiger partial charge in [-0.05, 0) is 25.8 Å². The Morgan fingerprint density at radius 1 is 1.50 bits per heavy atom. The molecule has 0 amide bonds. The van der Waals surface area contributed by atoms with Crippen molar-refractivity contribution < 1.29 is 9.53 Å². The zero-order valence-electron chi connectivity index (χ0n) is 11.1. The minimum atomic E-state index is -0.183. The highest BCUT2D eigenvalue weighted by atomic mass is 79.9. The lowest BCUT2D eigenvalue weighted by Crippen LogP contribution is -2.14. The van der Waals surface area contributed by atoms with E-state index < -0.39 is 0 Å². The monoisotopic (exact) mass is 351 g/mol. The lowest BCUT2D eigenvalue weighted by molar-refractivity contribution is -0.145. The molecule has 0 N–H and O–H groups in total. The molecular weight excluding hydrogens is 338 g/mol. The number of carbonyl (C=O) groups excluding carboxylic acids is 1. The van der Waals surface area contributed by atoms with Gasteiger partial charge in [-0.1, -0.05) is 34.1 Å². The largest absolute Gasteiger partial charge is 0.465 e. The lowest BCUT2D eigenvalue weighted by atomic mass is 10.1. The van der Waals surface area contributed by atoms with Crippen LogP contribution in [-0.2, 0) is 16.0 Å². The van der Waals surface area contributed by atoms with Gasteiger partial charge in [-0.15, -0.1) is 11.3 Å². The van der Waals surface area contributed by atoms with Crippen LogP contribution < -0.4 is 0 Å². The number of ether oxygens (including phenoxy) is 1. The highest BCUT2D eigenvalue weighted by Gasteiger charge is 2.33. The number of aryl methyl sites for hydroxylation is 1. The van der Waals surface area contributed by atoms with E-state index in [0.29, 0.717) is 6.61 Å². The van der Waals surface area contributed by atoms with Crippen molar-refractivity contribution >= 4 is 33.2 Å². The normalized spacial score (nSPS) is 17.0. The molecule has 20 heavy (non-hydrogen) atoms. The Morgan fingerprint density at radius 3 is 3.05 bits per heavy atom. The Hall–Kier alpha value is -1.20. The molecule has 3 nitrogen and oxygen atoms in total. The molecule has 3 rings (SSSR count). The summed E-state index contributed by atoms with van der Waals surface area (Å²) in [6.07, 6.45) is 1.74. The zero-order valence-corrected chi connectivity index (χ0v) is 13.5. The van der Waals surface area contributed by atoms with Gasteiger partial charge in [0, 0.05) is 14.9 Å². The van der Waals surface area contributed by atoms with Crippen molar-refractivity contribution in [3.63, 3.8) is 0 Å². The molecule has 1 unspecified atom stereocenters. The maximum Gasteiger partial charge on any atom is 0.315 e. The number of benzene rings is 1. The number of fused-ring (bicyclic) bond motifs is 1. The molecule has 0 fully saturated rings. The van der Waals surface area contributed by atoms with Crippen LogP contribution in [-0.4, -0.2) is 17.6 Å². The third-order valence-electron chi connectivity index (χ3n) is 3.39. The number of carbonyl (C=O) groups is 1. The third kappa shape index (κ3) is 2.40. The lowest BCUT2D eigenvalue weighted by Gasteiger charge is -2.08. The number of halogens is 1. The van der Waals surface area contributed by atoms with Gasteiger partial charge in [-0.25, -0.2) is 4.98 Å². The molecule has 0 saturated carbocycles. The molecule has 1 aromatic carbocycles. The van der Waals surface area contributed by atoms with Crippen LogP contribution >= 0.6 is 27.3 Å². The van der Waals surface area contributed by atoms with Gasteiger partial charge < -0.3 is 4.74 Å². The molecule has 0 radical (unpaired) electrons. The van der Waals surface area contributed by atoms with E-state index in [9.17, 15) is 4.79 Å². The zero-order chi connectivity index (χ0) is 14.1. The standard InChI is InChI=1S/C15H14BrNO2S/c1-2-19-15(18)10-7-8-12-13(10)17-14(20-12)9-5-3-4-6-11(9)16/h3-6,10H,2,7-8H2,1H3. The van der Waals surface area contributed by atoms with Crippen LogP contribution in [0.15, 0.2) is 28.7 Å². The van der Waals surface area contributed by atoms with E-state index in [1.54, 1.807) is 11.3 Å². The van der Waals surface area contributed by atoms with Crippen molar-refractivity contribution in [3.8, 4) is 10.6 Å². The summed E-state index contributed by atoms with van der Waals surface area (Å²) in [6.45, 7) is 2.26. The summed E-state index contributed by atoms with van der Waals surface area (Å²) >= 11 is 5.23. The molecule has 0 bridgehead atoms. The van der Waals surface area contributed by atoms with Crippen molar-refractivity contribution in [1.29, 1.82) is 0 Å². The van der Waals surface area contributed by atoms with Crippen LogP contribution in [0.1, 0.15) is 29.8 Å². The molecule has 1 aliphatic carbocycles. The number of rotatable bonds is 3. The van der Waals surface area contributed by atoms with Crippen LogP contribution in [0, 0.1) is 0 Å². The molecule has 5 heteroatoms. The number of esters is 1. The summed E-state index contributed by atoms with van der Waals surface area (Å²) in [5, 5.41) is 0.969. The first kappa shape index (κ1) is 13.8. The second-order valence-electron chi connectivity index (χ2n) is 4.65. The fourth-order valence-electron chi connectivity index (χ4n) is 2.45. The van der Waals surface area contributed by atoms with Gasteiger partial charge in [0.2, 0.25) is 0 Å². The molecule has 1 aromatic heterocycles. The van der Waals surface area contributed by atoms with Gasteiger partial charge in [0.25, 0.3) is 0 Å². The van der Waals surface area contributed by atoms with Gasteiger partial charge in [-0.2, -0.15) is 0 Å². The van der Waals surface area contributed by atoms with Gasteiger partial charge in [0.1, 0.15) is 10.9 Å². The Balaban J connectivity index is 1.94. The maximum atomic E-state index is 12.0. The Kier molecular flexibility index (Phi) is 3.89. The van der Waals surface area contributed by atoms with E-state index in [0.717, 1.165) is 33.6 Å². The third-order valence-corrected chi connectivity index (χ3v) is 5.25. The van der Waals surface area contributed by atoms with Crippen molar-refractivity contribution in [2.75, 3.05) is 6.61 Å². The topological polar surface area (TPSA) is 39.2 Å². The number of nitrogens with zero attached hydrogens (tertiary/aromatic N) is 1. The molecule has 104 valence electrons. The van der Waals surface area contributed by atoms with Crippen LogP contribution in [0.2, 0.25) is 0 Å². The molecule has 0 saturated heterocycles. The minimum absolute atomic E-state index is 0.143. The molecule has 1 heterocycles. The molecular formula is C15H14BrNO2S. The first-order valence-electron chi connectivity index (χ1n) is 6.61. The van der Waals surface area contributed by atoms with E-state index >= 15 is 0 Å². The second-order valence-corrected chi connectivity index (χ2v) is 6.59. The Bertz CT molecular complexity index is 653. The fraction of sp³-hybridized carbons (Fsp3) is 0.333. The van der Waals surface area contributed by atoms with Crippen molar-refractivity contribution in [3.05, 3.63) is 39.3 Å². The summed E-state index contributed by atoms with van der Waals surface area (Å²) in [7, 11) is 0. The summed E-state index contributed by atoms with van der Waals surface area (Å²) in [5.74, 6) is -0.326. The van der Waals surface area contributed by atoms with Crippen molar-refractivity contribution in [1.82, 2.24) is 4.98 Å². The highest BCUT2D eigenvalue weighted by molar-refractivity contribution is 9.10. The van der Waals surface area contributed by atoms with Gasteiger partial charge >= 0.3 is 5.97 Å². The first-order valence-corrected chi connectivity index (χ1v) is 8.22. The Morgan fingerprint density at radius 2 is 2.30 bits per heavy atom. The number of aromatic nitrogens is 1. The smallest absolute Gasteiger partial charge is 0.315 e. The summed E-state index contributed by atoms with van der Waals surface area (Å²) < 4.78 is 6.17. The van der Waals surface area contributed by atoms with E-state index in [1.165, 1.54) is 4.88 Å². The predicted octanol–water partition coefficient (Wildman–Crippen LogP) is 4.17. The quantitative estimate of drug-likeness (QED) is 0.779. The predicted molar refractivity (Wildman–Crippen MR) is 82.9 cm³/mol. The Labute approximate surface area is 130 Å². The van der Waals surface area contributed by atoms with E-state index in [1.807, 2.05) is 31.2 Å². The highest BCUT2D eigenvalue weighted by Crippen LogP contribution is 2.41. The fourth-order valence-corrected chi connectivity index (χ4v) is 4.23. The molecule has 0 spiro atoms. The number of hydrogen-bond donors (Lipinski definition) is 0. The maximum absolute atomic E-state index is 12.0. The van der Waals surface area contributed by atoms with Crippen molar-refractivity contribution in [2.24, 2.45) is 0 Å². The summed E-state index contributed by atoms with van der Waals surface area (Å²) in [5.41, 5.74) is 1.99. The van der Waals surface area contributed by atoms with E-state index in [-0.39, 0.29) is 11.9 Å². The summed E-state index contributed by atoms with van der Waals surface area (Å²) in [6, 6.07) is 8.02. The van der Waals surface area contributed by atoms with Gasteiger partial charge in [0.15, 0.2) is 0 Å². The average molecular weight is 352 g/mol. The van der Waals surface area contributed by atoms with Crippen LogP contribution in [0.3, 0.4) is 0 Å².